The predicted octanol–water partition coefficient (Wildman–Crippen LogP) is 3.87. The van der Waals surface area contributed by atoms with Gasteiger partial charge in [-0.3, -0.25) is 4.90 Å². The summed E-state index contributed by atoms with van der Waals surface area (Å²) in [6, 6.07) is 14.9. The van der Waals surface area contributed by atoms with E-state index in [1.807, 2.05) is 30.5 Å². The van der Waals surface area contributed by atoms with Gasteiger partial charge in [0.25, 0.3) is 0 Å². The molecule has 1 aromatic heterocycles. The Kier molecular flexibility index (Phi) is 4.60. The normalized spacial score (nSPS) is 21.4. The molecule has 29 heavy (non-hydrogen) atoms. The molecule has 5 nitrogen and oxygen atoms in total. The van der Waals surface area contributed by atoms with E-state index in [-0.39, 0.29) is 11.4 Å². The molecule has 0 unspecified atom stereocenters. The lowest BCUT2D eigenvalue weighted by Crippen LogP contribution is -2.44. The van der Waals surface area contributed by atoms with Crippen LogP contribution in [0.2, 0.25) is 0 Å². The zero-order chi connectivity index (χ0) is 19.8. The minimum absolute atomic E-state index is 0.194. The van der Waals surface area contributed by atoms with Gasteiger partial charge in [0, 0.05) is 25.2 Å². The Hall–Kier alpha value is -2.70. The van der Waals surface area contributed by atoms with Crippen molar-refractivity contribution in [2.24, 2.45) is 0 Å². The molecule has 0 radical (unpaired) electrons. The topological polar surface area (TPSA) is 39.5 Å². The smallest absolute Gasteiger partial charge is 0.135 e. The van der Waals surface area contributed by atoms with Crippen LogP contribution in [0.1, 0.15) is 17.8 Å². The van der Waals surface area contributed by atoms with Gasteiger partial charge in [0.15, 0.2) is 0 Å². The number of hydrogen-bond acceptors (Lipinski definition) is 4. The molecule has 3 aromatic rings. The first kappa shape index (κ1) is 18.3. The molecule has 0 bridgehead atoms. The summed E-state index contributed by atoms with van der Waals surface area (Å²) in [5.41, 5.74) is 3.17. The predicted molar refractivity (Wildman–Crippen MR) is 108 cm³/mol. The molecule has 6 heteroatoms. The van der Waals surface area contributed by atoms with Gasteiger partial charge >= 0.3 is 0 Å². The van der Waals surface area contributed by atoms with Crippen molar-refractivity contribution in [3.05, 3.63) is 71.9 Å². The number of imidazole rings is 1. The van der Waals surface area contributed by atoms with Crippen LogP contribution in [-0.2, 0) is 24.4 Å². The number of rotatable bonds is 4. The van der Waals surface area contributed by atoms with Crippen LogP contribution in [-0.4, -0.2) is 40.3 Å². The Morgan fingerprint density at radius 3 is 2.66 bits per heavy atom. The highest BCUT2D eigenvalue weighted by Crippen LogP contribution is 2.36. The second kappa shape index (κ2) is 7.28. The minimum atomic E-state index is -0.199. The molecule has 0 aliphatic carbocycles. The molecule has 150 valence electrons. The number of fused-ring (bicyclic) bond motifs is 1. The molecule has 5 rings (SSSR count). The van der Waals surface area contributed by atoms with Gasteiger partial charge in [0.1, 0.15) is 29.6 Å². The minimum Gasteiger partial charge on any atom is -0.497 e. The van der Waals surface area contributed by atoms with Crippen LogP contribution in [0.15, 0.2) is 54.7 Å². The third-order valence-electron chi connectivity index (χ3n) is 5.99. The Labute approximate surface area is 169 Å². The molecular formula is C23H24FN3O2. The number of hydrogen-bond donors (Lipinski definition) is 0. The molecule has 0 amide bonds. The van der Waals surface area contributed by atoms with Crippen molar-refractivity contribution < 1.29 is 13.9 Å². The Morgan fingerprint density at radius 2 is 1.90 bits per heavy atom. The van der Waals surface area contributed by atoms with Crippen LogP contribution < -0.4 is 4.74 Å². The molecule has 2 aliphatic rings. The number of methoxy groups -OCH3 is 1. The summed E-state index contributed by atoms with van der Waals surface area (Å²) in [5, 5.41) is 0. The summed E-state index contributed by atoms with van der Waals surface area (Å²) in [4.78, 5) is 6.97. The summed E-state index contributed by atoms with van der Waals surface area (Å²) in [6.45, 7) is 3.97. The third-order valence-corrected chi connectivity index (χ3v) is 5.99. The number of aromatic nitrogens is 2. The summed E-state index contributed by atoms with van der Waals surface area (Å²) >= 11 is 0. The van der Waals surface area contributed by atoms with E-state index in [9.17, 15) is 4.39 Å². The molecule has 0 N–H and O–H groups in total. The number of halogens is 1. The van der Waals surface area contributed by atoms with Crippen LogP contribution in [0.4, 0.5) is 4.39 Å². The molecule has 0 saturated carbocycles. The molecule has 3 heterocycles. The first-order valence-corrected chi connectivity index (χ1v) is 9.94. The number of benzene rings is 2. The lowest BCUT2D eigenvalue weighted by atomic mass is 10.0. The Morgan fingerprint density at radius 1 is 1.10 bits per heavy atom. The van der Waals surface area contributed by atoms with E-state index in [2.05, 4.69) is 26.6 Å². The average Bonchev–Trinajstić information content (AvgIpc) is 3.34. The maximum atomic E-state index is 13.2. The molecule has 2 aliphatic heterocycles. The van der Waals surface area contributed by atoms with Crippen LogP contribution in [0.25, 0.3) is 11.3 Å². The fraction of sp³-hybridized carbons (Fsp3) is 0.348. The Bertz CT molecular complexity index is 1000. The number of likely N-dealkylation sites (tertiary alicyclic amines) is 1. The van der Waals surface area contributed by atoms with E-state index in [4.69, 9.17) is 9.47 Å². The van der Waals surface area contributed by atoms with Gasteiger partial charge in [-0.1, -0.05) is 12.1 Å². The highest BCUT2D eigenvalue weighted by atomic mass is 19.1. The third kappa shape index (κ3) is 3.54. The fourth-order valence-corrected chi connectivity index (χ4v) is 4.41. The lowest BCUT2D eigenvalue weighted by Gasteiger charge is -2.35. The van der Waals surface area contributed by atoms with Gasteiger partial charge in [0.05, 0.1) is 25.5 Å². The molecule has 1 saturated heterocycles. The largest absolute Gasteiger partial charge is 0.497 e. The molecule has 1 fully saturated rings. The molecular weight excluding hydrogens is 369 g/mol. The van der Waals surface area contributed by atoms with Gasteiger partial charge in [-0.25, -0.2) is 9.37 Å². The van der Waals surface area contributed by atoms with E-state index in [1.54, 1.807) is 7.11 Å². The van der Waals surface area contributed by atoms with Crippen molar-refractivity contribution >= 4 is 0 Å². The second-order valence-corrected chi connectivity index (χ2v) is 7.93. The van der Waals surface area contributed by atoms with E-state index >= 15 is 0 Å². The van der Waals surface area contributed by atoms with Gasteiger partial charge in [-0.05, 0) is 48.4 Å². The standard InChI is InChI=1S/C23H24FN3O2/c1-28-20-8-4-18(5-9-20)21-12-25-22-14-29-23(16-27(21)22)10-11-26(15-23)13-17-2-6-19(24)7-3-17/h2-9,12H,10-11,13-16H2,1H3/t23-/m0/s1. The van der Waals surface area contributed by atoms with Crippen LogP contribution >= 0.6 is 0 Å². The van der Waals surface area contributed by atoms with Crippen LogP contribution in [0.3, 0.4) is 0 Å². The average molecular weight is 393 g/mol. The first-order chi connectivity index (χ1) is 14.1. The molecule has 1 spiro atoms. The van der Waals surface area contributed by atoms with Gasteiger partial charge < -0.3 is 14.0 Å². The van der Waals surface area contributed by atoms with Crippen molar-refractivity contribution in [1.29, 1.82) is 0 Å². The first-order valence-electron chi connectivity index (χ1n) is 9.94. The monoisotopic (exact) mass is 393 g/mol. The number of nitrogens with zero attached hydrogens (tertiary/aromatic N) is 3. The summed E-state index contributed by atoms with van der Waals surface area (Å²) in [5.74, 6) is 1.62. The highest BCUT2D eigenvalue weighted by molar-refractivity contribution is 5.60. The zero-order valence-electron chi connectivity index (χ0n) is 16.5. The van der Waals surface area contributed by atoms with E-state index < -0.39 is 0 Å². The SMILES string of the molecule is COc1ccc(-c2cnc3n2C[C@@]2(CCN(Cc4ccc(F)cc4)C2)OC3)cc1. The summed E-state index contributed by atoms with van der Waals surface area (Å²) in [6.07, 6.45) is 2.92. The lowest BCUT2D eigenvalue weighted by molar-refractivity contribution is -0.0821. The van der Waals surface area contributed by atoms with Crippen molar-refractivity contribution in [3.63, 3.8) is 0 Å². The van der Waals surface area contributed by atoms with E-state index in [0.29, 0.717) is 6.61 Å². The summed E-state index contributed by atoms with van der Waals surface area (Å²) < 4.78 is 27.1. The molecule has 1 atom stereocenters. The van der Waals surface area contributed by atoms with Gasteiger partial charge in [-0.15, -0.1) is 0 Å². The maximum absolute atomic E-state index is 13.2. The van der Waals surface area contributed by atoms with Crippen molar-refractivity contribution in [3.8, 4) is 17.0 Å². The van der Waals surface area contributed by atoms with Crippen molar-refractivity contribution in [1.82, 2.24) is 14.5 Å². The van der Waals surface area contributed by atoms with Crippen molar-refractivity contribution in [2.45, 2.75) is 31.7 Å². The second-order valence-electron chi connectivity index (χ2n) is 7.93. The van der Waals surface area contributed by atoms with Gasteiger partial charge in [-0.2, -0.15) is 0 Å². The Balaban J connectivity index is 1.34. The van der Waals surface area contributed by atoms with E-state index in [1.165, 1.54) is 12.1 Å². The maximum Gasteiger partial charge on any atom is 0.135 e. The highest BCUT2D eigenvalue weighted by Gasteiger charge is 2.43. The van der Waals surface area contributed by atoms with Crippen LogP contribution in [0.5, 0.6) is 5.75 Å². The zero-order valence-corrected chi connectivity index (χ0v) is 16.5. The quantitative estimate of drug-likeness (QED) is 0.675. The van der Waals surface area contributed by atoms with Gasteiger partial charge in [0.2, 0.25) is 0 Å². The van der Waals surface area contributed by atoms with Crippen LogP contribution in [0, 0.1) is 5.82 Å². The molecule has 2 aromatic carbocycles. The summed E-state index contributed by atoms with van der Waals surface area (Å²) in [7, 11) is 1.68. The fourth-order valence-electron chi connectivity index (χ4n) is 4.41. The van der Waals surface area contributed by atoms with Crippen molar-refractivity contribution in [2.75, 3.05) is 20.2 Å². The van der Waals surface area contributed by atoms with E-state index in [0.717, 1.165) is 61.0 Å². The number of ether oxygens (including phenoxy) is 2.